The fourth-order valence-electron chi connectivity index (χ4n) is 2.32. The van der Waals surface area contributed by atoms with E-state index in [0.717, 1.165) is 31.2 Å². The van der Waals surface area contributed by atoms with Crippen molar-refractivity contribution >= 4 is 28.7 Å². The van der Waals surface area contributed by atoms with Crippen molar-refractivity contribution in [2.75, 3.05) is 0 Å². The molecule has 0 bridgehead atoms. The molecule has 0 spiro atoms. The standard InChI is InChI=1S/C15H18ClNO4/c16-11-7-8-13-12(10-11)17(15(20)21-13)9-5-3-1-2-4-6-14(18)19/h7-8,10H,1-6,9H2,(H,18,19). The van der Waals surface area contributed by atoms with Crippen molar-refractivity contribution in [3.8, 4) is 0 Å². The van der Waals surface area contributed by atoms with Crippen molar-refractivity contribution < 1.29 is 14.3 Å². The molecule has 0 aliphatic heterocycles. The van der Waals surface area contributed by atoms with Crippen LogP contribution in [0.4, 0.5) is 0 Å². The first-order valence-electron chi connectivity index (χ1n) is 7.08. The smallest absolute Gasteiger partial charge is 0.419 e. The summed E-state index contributed by atoms with van der Waals surface area (Å²) in [5, 5.41) is 9.11. The molecule has 5 nitrogen and oxygen atoms in total. The third kappa shape index (κ3) is 4.36. The molecule has 0 saturated carbocycles. The van der Waals surface area contributed by atoms with Crippen LogP contribution >= 0.6 is 11.6 Å². The Morgan fingerprint density at radius 3 is 2.67 bits per heavy atom. The molecule has 1 heterocycles. The molecule has 0 unspecified atom stereocenters. The Kier molecular flexibility index (Phi) is 5.44. The van der Waals surface area contributed by atoms with Crippen molar-refractivity contribution in [3.63, 3.8) is 0 Å². The molecule has 0 radical (unpaired) electrons. The summed E-state index contributed by atoms with van der Waals surface area (Å²) in [6.45, 7) is 0.588. The van der Waals surface area contributed by atoms with Gasteiger partial charge < -0.3 is 9.52 Å². The van der Waals surface area contributed by atoms with E-state index in [2.05, 4.69) is 0 Å². The number of fused-ring (bicyclic) bond motifs is 1. The molecule has 0 aliphatic rings. The third-order valence-corrected chi connectivity index (χ3v) is 3.64. The maximum absolute atomic E-state index is 11.8. The minimum atomic E-state index is -0.747. The van der Waals surface area contributed by atoms with Crippen LogP contribution < -0.4 is 5.76 Å². The molecule has 6 heteroatoms. The zero-order valence-electron chi connectivity index (χ0n) is 11.7. The Morgan fingerprint density at radius 1 is 1.19 bits per heavy atom. The molecule has 114 valence electrons. The summed E-state index contributed by atoms with van der Waals surface area (Å²) in [5.41, 5.74) is 1.27. The van der Waals surface area contributed by atoms with E-state index < -0.39 is 5.97 Å². The molecule has 0 amide bonds. The Morgan fingerprint density at radius 2 is 1.90 bits per heavy atom. The first kappa shape index (κ1) is 15.6. The summed E-state index contributed by atoms with van der Waals surface area (Å²) in [6, 6.07) is 5.12. The number of aliphatic carboxylic acids is 1. The Labute approximate surface area is 127 Å². The molecule has 0 fully saturated rings. The number of carboxylic acids is 1. The lowest BCUT2D eigenvalue weighted by molar-refractivity contribution is -0.137. The van der Waals surface area contributed by atoms with E-state index in [1.165, 1.54) is 0 Å². The second-order valence-electron chi connectivity index (χ2n) is 5.04. The van der Waals surface area contributed by atoms with Gasteiger partial charge in [-0.15, -0.1) is 0 Å². The minimum absolute atomic E-state index is 0.227. The van der Waals surface area contributed by atoms with Gasteiger partial charge in [-0.3, -0.25) is 9.36 Å². The number of benzene rings is 1. The van der Waals surface area contributed by atoms with Crippen LogP contribution in [0.15, 0.2) is 27.4 Å². The summed E-state index contributed by atoms with van der Waals surface area (Å²) in [7, 11) is 0. The van der Waals surface area contributed by atoms with E-state index in [4.69, 9.17) is 21.1 Å². The second kappa shape index (κ2) is 7.31. The van der Waals surface area contributed by atoms with Crippen LogP contribution in [0.5, 0.6) is 0 Å². The normalized spacial score (nSPS) is 11.1. The molecule has 1 N–H and O–H groups in total. The molecule has 2 aromatic rings. The van der Waals surface area contributed by atoms with Gasteiger partial charge in [-0.25, -0.2) is 4.79 Å². The Hall–Kier alpha value is -1.75. The summed E-state index contributed by atoms with van der Waals surface area (Å²) in [4.78, 5) is 22.2. The third-order valence-electron chi connectivity index (χ3n) is 3.40. The molecule has 0 atom stereocenters. The number of unbranched alkanes of at least 4 members (excludes halogenated alkanes) is 4. The van der Waals surface area contributed by atoms with E-state index in [-0.39, 0.29) is 12.2 Å². The van der Waals surface area contributed by atoms with Gasteiger partial charge in [0.25, 0.3) is 0 Å². The summed E-state index contributed by atoms with van der Waals surface area (Å²) < 4.78 is 6.76. The van der Waals surface area contributed by atoms with Gasteiger partial charge in [-0.1, -0.05) is 30.9 Å². The predicted molar refractivity (Wildman–Crippen MR) is 80.8 cm³/mol. The van der Waals surface area contributed by atoms with E-state index in [1.807, 2.05) is 0 Å². The van der Waals surface area contributed by atoms with Gasteiger partial charge >= 0.3 is 11.7 Å². The highest BCUT2D eigenvalue weighted by atomic mass is 35.5. The van der Waals surface area contributed by atoms with Gasteiger partial charge in [0, 0.05) is 18.0 Å². The first-order chi connectivity index (χ1) is 10.1. The van der Waals surface area contributed by atoms with E-state index in [0.29, 0.717) is 23.6 Å². The number of rotatable bonds is 8. The van der Waals surface area contributed by atoms with E-state index in [1.54, 1.807) is 22.8 Å². The molecule has 1 aromatic heterocycles. The van der Waals surface area contributed by atoms with Crippen LogP contribution in [-0.2, 0) is 11.3 Å². The number of halogens is 1. The molecular formula is C15H18ClNO4. The van der Waals surface area contributed by atoms with Gasteiger partial charge in [0.05, 0.1) is 5.52 Å². The highest BCUT2D eigenvalue weighted by Gasteiger charge is 2.09. The van der Waals surface area contributed by atoms with Crippen LogP contribution in [0.2, 0.25) is 5.02 Å². The number of aromatic nitrogens is 1. The predicted octanol–water partition coefficient (Wildman–Crippen LogP) is 3.67. The number of carbonyl (C=O) groups is 1. The zero-order valence-corrected chi connectivity index (χ0v) is 12.4. The monoisotopic (exact) mass is 311 g/mol. The zero-order chi connectivity index (χ0) is 15.2. The van der Waals surface area contributed by atoms with Gasteiger partial charge in [-0.05, 0) is 31.0 Å². The Balaban J connectivity index is 1.83. The maximum atomic E-state index is 11.8. The SMILES string of the molecule is O=C(O)CCCCCCCn1c(=O)oc2ccc(Cl)cc21. The van der Waals surface area contributed by atoms with Gasteiger partial charge in [0.1, 0.15) is 0 Å². The molecule has 1 aromatic carbocycles. The van der Waals surface area contributed by atoms with Gasteiger partial charge in [0.15, 0.2) is 5.58 Å². The van der Waals surface area contributed by atoms with Gasteiger partial charge in [0.2, 0.25) is 0 Å². The fourth-order valence-corrected chi connectivity index (χ4v) is 2.49. The summed E-state index contributed by atoms with van der Waals surface area (Å²) in [5.74, 6) is -1.11. The highest BCUT2D eigenvalue weighted by molar-refractivity contribution is 6.31. The number of hydrogen-bond acceptors (Lipinski definition) is 3. The molecular weight excluding hydrogens is 294 g/mol. The van der Waals surface area contributed by atoms with Crippen molar-refractivity contribution in [1.82, 2.24) is 4.57 Å². The van der Waals surface area contributed by atoms with Crippen molar-refractivity contribution in [2.45, 2.75) is 45.1 Å². The number of carboxylic acid groups (broad SMARTS) is 1. The maximum Gasteiger partial charge on any atom is 0.419 e. The fraction of sp³-hybridized carbons (Fsp3) is 0.467. The minimum Gasteiger partial charge on any atom is -0.481 e. The number of aryl methyl sites for hydroxylation is 1. The van der Waals surface area contributed by atoms with E-state index in [9.17, 15) is 9.59 Å². The quantitative estimate of drug-likeness (QED) is 0.755. The number of hydrogen-bond donors (Lipinski definition) is 1. The lowest BCUT2D eigenvalue weighted by atomic mass is 10.1. The molecule has 0 saturated heterocycles. The van der Waals surface area contributed by atoms with Gasteiger partial charge in [-0.2, -0.15) is 0 Å². The Bertz CT molecular complexity index is 674. The van der Waals surface area contributed by atoms with Crippen LogP contribution in [0.3, 0.4) is 0 Å². The largest absolute Gasteiger partial charge is 0.481 e. The van der Waals surface area contributed by atoms with Crippen LogP contribution in [-0.4, -0.2) is 15.6 Å². The average Bonchev–Trinajstić information content (AvgIpc) is 2.73. The second-order valence-corrected chi connectivity index (χ2v) is 5.48. The highest BCUT2D eigenvalue weighted by Crippen LogP contribution is 2.19. The number of nitrogens with zero attached hydrogens (tertiary/aromatic N) is 1. The van der Waals surface area contributed by atoms with Crippen molar-refractivity contribution in [2.24, 2.45) is 0 Å². The lowest BCUT2D eigenvalue weighted by Crippen LogP contribution is -2.14. The molecule has 2 rings (SSSR count). The first-order valence-corrected chi connectivity index (χ1v) is 7.46. The van der Waals surface area contributed by atoms with Crippen LogP contribution in [0, 0.1) is 0 Å². The van der Waals surface area contributed by atoms with E-state index >= 15 is 0 Å². The average molecular weight is 312 g/mol. The topological polar surface area (TPSA) is 72.4 Å². The molecule has 0 aliphatic carbocycles. The van der Waals surface area contributed by atoms with Crippen molar-refractivity contribution in [3.05, 3.63) is 33.8 Å². The summed E-state index contributed by atoms with van der Waals surface area (Å²) >= 11 is 5.94. The lowest BCUT2D eigenvalue weighted by Gasteiger charge is -2.03. The molecule has 21 heavy (non-hydrogen) atoms. The van der Waals surface area contributed by atoms with Crippen molar-refractivity contribution in [1.29, 1.82) is 0 Å². The van der Waals surface area contributed by atoms with Crippen LogP contribution in [0.25, 0.3) is 11.1 Å². The number of oxazole rings is 1. The summed E-state index contributed by atoms with van der Waals surface area (Å²) in [6.07, 6.45) is 4.62. The van der Waals surface area contributed by atoms with Crippen LogP contribution in [0.1, 0.15) is 38.5 Å².